The predicted molar refractivity (Wildman–Crippen MR) is 67.6 cm³/mol. The highest BCUT2D eigenvalue weighted by Gasteiger charge is 2.15. The predicted octanol–water partition coefficient (Wildman–Crippen LogP) is 2.13. The second-order valence-corrected chi connectivity index (χ2v) is 4.96. The molecule has 0 amide bonds. The summed E-state index contributed by atoms with van der Waals surface area (Å²) in [5, 5.41) is 7.55. The van der Waals surface area contributed by atoms with Crippen LogP contribution in [0.25, 0.3) is 23.1 Å². The highest BCUT2D eigenvalue weighted by atomic mass is 32.2. The normalized spacial score (nSPS) is 12.5. The second-order valence-electron chi connectivity index (χ2n) is 3.71. The zero-order valence-corrected chi connectivity index (χ0v) is 10.8. The van der Waals surface area contributed by atoms with Crippen LogP contribution in [0.5, 0.6) is 0 Å². The van der Waals surface area contributed by atoms with E-state index in [0.29, 0.717) is 17.2 Å². The molecule has 19 heavy (non-hydrogen) atoms. The molecule has 96 valence electrons. The number of hydrogen-bond donors (Lipinski definition) is 0. The largest absolute Gasteiger partial charge is 0.449 e. The maximum absolute atomic E-state index is 11.2. The molecule has 0 aliphatic carbocycles. The van der Waals surface area contributed by atoms with Crippen LogP contribution in [-0.4, -0.2) is 25.6 Å². The molecular weight excluding hydrogens is 266 g/mol. The summed E-state index contributed by atoms with van der Waals surface area (Å²) < 4.78 is 22.0. The van der Waals surface area contributed by atoms with E-state index in [1.54, 1.807) is 18.3 Å². The molecule has 3 aromatic rings. The van der Waals surface area contributed by atoms with E-state index in [4.69, 9.17) is 8.83 Å². The summed E-state index contributed by atoms with van der Waals surface area (Å²) in [6.45, 7) is 0. The highest BCUT2D eigenvalue weighted by molar-refractivity contribution is 7.84. The fourth-order valence-electron chi connectivity index (χ4n) is 1.52. The van der Waals surface area contributed by atoms with Crippen LogP contribution in [0.4, 0.5) is 0 Å². The molecule has 0 bridgehead atoms. The molecule has 3 heterocycles. The van der Waals surface area contributed by atoms with Gasteiger partial charge in [0.25, 0.3) is 5.89 Å². The van der Waals surface area contributed by atoms with Crippen molar-refractivity contribution in [1.29, 1.82) is 0 Å². The van der Waals surface area contributed by atoms with Crippen molar-refractivity contribution in [2.24, 2.45) is 0 Å². The van der Waals surface area contributed by atoms with Gasteiger partial charge in [0.05, 0.1) is 0 Å². The average Bonchev–Trinajstić information content (AvgIpc) is 3.09. The van der Waals surface area contributed by atoms with Gasteiger partial charge in [-0.15, -0.1) is 5.10 Å². The van der Waals surface area contributed by atoms with Crippen LogP contribution in [-0.2, 0) is 10.8 Å². The smallest absolute Gasteiger partial charge is 0.307 e. The number of furan rings is 1. The number of nitrogens with zero attached hydrogens (tertiary/aromatic N) is 3. The molecule has 0 saturated heterocycles. The van der Waals surface area contributed by atoms with Crippen molar-refractivity contribution in [2.45, 2.75) is 5.22 Å². The van der Waals surface area contributed by atoms with Gasteiger partial charge in [-0.05, 0) is 24.3 Å². The summed E-state index contributed by atoms with van der Waals surface area (Å²) in [6.07, 6.45) is 3.15. The molecule has 0 aliphatic rings. The van der Waals surface area contributed by atoms with Gasteiger partial charge in [-0.1, -0.05) is 11.2 Å². The lowest BCUT2D eigenvalue weighted by atomic mass is 10.3. The Labute approximate surface area is 111 Å². The van der Waals surface area contributed by atoms with Gasteiger partial charge in [0.15, 0.2) is 11.5 Å². The fraction of sp³-hybridized carbons (Fsp3) is 0.0833. The fourth-order valence-corrected chi connectivity index (χ4v) is 1.88. The second kappa shape index (κ2) is 4.77. The molecule has 0 fully saturated rings. The van der Waals surface area contributed by atoms with E-state index in [1.165, 1.54) is 6.26 Å². The van der Waals surface area contributed by atoms with Crippen LogP contribution in [0.1, 0.15) is 0 Å². The van der Waals surface area contributed by atoms with Crippen LogP contribution < -0.4 is 0 Å². The third-order valence-corrected chi connectivity index (χ3v) is 3.04. The minimum Gasteiger partial charge on any atom is -0.449 e. The molecular formula is C12H9N3O3S. The Morgan fingerprint density at radius 1 is 1.05 bits per heavy atom. The molecule has 0 radical (unpaired) electrons. The Balaban J connectivity index is 1.94. The molecule has 0 aliphatic heterocycles. The number of hydrogen-bond acceptors (Lipinski definition) is 6. The van der Waals surface area contributed by atoms with Crippen molar-refractivity contribution >= 4 is 10.8 Å². The van der Waals surface area contributed by atoms with E-state index >= 15 is 0 Å². The van der Waals surface area contributed by atoms with Crippen molar-refractivity contribution in [3.05, 3.63) is 36.5 Å². The molecule has 1 atom stereocenters. The van der Waals surface area contributed by atoms with Crippen molar-refractivity contribution < 1.29 is 13.0 Å². The molecule has 0 saturated carbocycles. The van der Waals surface area contributed by atoms with Crippen LogP contribution in [0.3, 0.4) is 0 Å². The third kappa shape index (κ3) is 2.32. The number of aromatic nitrogens is 3. The summed E-state index contributed by atoms with van der Waals surface area (Å²) >= 11 is 0. The van der Waals surface area contributed by atoms with E-state index in [2.05, 4.69) is 15.2 Å². The quantitative estimate of drug-likeness (QED) is 0.728. The molecule has 0 spiro atoms. The van der Waals surface area contributed by atoms with Gasteiger partial charge in [0, 0.05) is 12.5 Å². The standard InChI is InChI=1S/C12H9N3O3S/c1-19(16)12-15-14-11(18-12)10-6-5-9(17-10)8-4-2-3-7-13-8/h2-7H,1H3. The third-order valence-electron chi connectivity index (χ3n) is 2.39. The van der Waals surface area contributed by atoms with E-state index in [-0.39, 0.29) is 11.1 Å². The van der Waals surface area contributed by atoms with Crippen molar-refractivity contribution in [3.8, 4) is 23.1 Å². The molecule has 3 aromatic heterocycles. The Morgan fingerprint density at radius 2 is 1.89 bits per heavy atom. The first-order valence-corrected chi connectivity index (χ1v) is 6.98. The summed E-state index contributed by atoms with van der Waals surface area (Å²) in [4.78, 5) is 4.18. The Kier molecular flexibility index (Phi) is 2.96. The minimum atomic E-state index is -1.31. The van der Waals surface area contributed by atoms with E-state index in [9.17, 15) is 4.21 Å². The van der Waals surface area contributed by atoms with Gasteiger partial charge in [-0.2, -0.15) is 0 Å². The lowest BCUT2D eigenvalue weighted by molar-refractivity contribution is 0.442. The summed E-state index contributed by atoms with van der Waals surface area (Å²) in [5.41, 5.74) is 0.715. The van der Waals surface area contributed by atoms with Gasteiger partial charge < -0.3 is 8.83 Å². The maximum atomic E-state index is 11.2. The lowest BCUT2D eigenvalue weighted by Crippen LogP contribution is -1.85. The number of pyridine rings is 1. The molecule has 3 rings (SSSR count). The summed E-state index contributed by atoms with van der Waals surface area (Å²) in [6, 6.07) is 9.01. The van der Waals surface area contributed by atoms with Crippen molar-refractivity contribution in [3.63, 3.8) is 0 Å². The molecule has 1 unspecified atom stereocenters. The topological polar surface area (TPSA) is 82.0 Å². The molecule has 7 heteroatoms. The van der Waals surface area contributed by atoms with Crippen LogP contribution in [0, 0.1) is 0 Å². The zero-order valence-electron chi connectivity index (χ0n) is 9.94. The van der Waals surface area contributed by atoms with Crippen LogP contribution in [0.2, 0.25) is 0 Å². The average molecular weight is 275 g/mol. The van der Waals surface area contributed by atoms with E-state index in [1.807, 2.05) is 18.2 Å². The van der Waals surface area contributed by atoms with Crippen LogP contribution in [0.15, 0.2) is 50.6 Å². The van der Waals surface area contributed by atoms with Crippen LogP contribution >= 0.6 is 0 Å². The lowest BCUT2D eigenvalue weighted by Gasteiger charge is -1.93. The SMILES string of the molecule is CS(=O)c1nnc(-c2ccc(-c3ccccn3)o2)o1. The monoisotopic (exact) mass is 275 g/mol. The van der Waals surface area contributed by atoms with Gasteiger partial charge in [-0.3, -0.25) is 4.98 Å². The first-order chi connectivity index (χ1) is 9.24. The summed E-state index contributed by atoms with van der Waals surface area (Å²) in [5.74, 6) is 1.23. The molecule has 6 nitrogen and oxygen atoms in total. The Hall–Kier alpha value is -2.28. The van der Waals surface area contributed by atoms with Crippen molar-refractivity contribution in [1.82, 2.24) is 15.2 Å². The zero-order chi connectivity index (χ0) is 13.2. The first-order valence-electron chi connectivity index (χ1n) is 5.42. The first kappa shape index (κ1) is 11.8. The van der Waals surface area contributed by atoms with Gasteiger partial charge in [0.1, 0.15) is 16.5 Å². The van der Waals surface area contributed by atoms with Gasteiger partial charge in [0.2, 0.25) is 0 Å². The van der Waals surface area contributed by atoms with Gasteiger partial charge >= 0.3 is 5.22 Å². The van der Waals surface area contributed by atoms with E-state index in [0.717, 1.165) is 0 Å². The summed E-state index contributed by atoms with van der Waals surface area (Å²) in [7, 11) is -1.31. The Bertz CT molecular complexity index is 721. The van der Waals surface area contributed by atoms with Gasteiger partial charge in [-0.25, -0.2) is 4.21 Å². The van der Waals surface area contributed by atoms with E-state index < -0.39 is 10.8 Å². The number of rotatable bonds is 3. The minimum absolute atomic E-state index is 0.0748. The molecule has 0 N–H and O–H groups in total. The maximum Gasteiger partial charge on any atom is 0.307 e. The molecule has 0 aromatic carbocycles. The van der Waals surface area contributed by atoms with Crippen molar-refractivity contribution in [2.75, 3.05) is 6.26 Å². The highest BCUT2D eigenvalue weighted by Crippen LogP contribution is 2.26. The Morgan fingerprint density at radius 3 is 2.58 bits per heavy atom.